The van der Waals surface area contributed by atoms with Crippen LogP contribution in [0.1, 0.15) is 5.56 Å². The van der Waals surface area contributed by atoms with E-state index in [0.29, 0.717) is 31.2 Å². The Morgan fingerprint density at radius 3 is 3.00 bits per heavy atom. The summed E-state index contributed by atoms with van der Waals surface area (Å²) < 4.78 is 15.7. The first-order valence-electron chi connectivity index (χ1n) is 5.67. The van der Waals surface area contributed by atoms with E-state index in [-0.39, 0.29) is 6.10 Å². The molecule has 6 heteroatoms. The van der Waals surface area contributed by atoms with Crippen molar-refractivity contribution in [3.8, 4) is 11.5 Å². The van der Waals surface area contributed by atoms with Crippen molar-refractivity contribution in [2.24, 2.45) is 5.73 Å². The molecule has 0 saturated carbocycles. The van der Waals surface area contributed by atoms with E-state index in [1.165, 1.54) is 0 Å². The molecule has 0 bridgehead atoms. The largest absolute Gasteiger partial charge is 0.497 e. The second kappa shape index (κ2) is 5.59. The summed E-state index contributed by atoms with van der Waals surface area (Å²) in [6.07, 6.45) is -0.678. The minimum atomic E-state index is -0.409. The topological polar surface area (TPSA) is 82.8 Å². The molecule has 1 amide bonds. The lowest BCUT2D eigenvalue weighted by Crippen LogP contribution is -2.22. The van der Waals surface area contributed by atoms with Crippen LogP contribution < -0.4 is 20.5 Å². The zero-order valence-corrected chi connectivity index (χ0v) is 10.1. The van der Waals surface area contributed by atoms with Crippen molar-refractivity contribution in [3.05, 3.63) is 23.8 Å². The summed E-state index contributed by atoms with van der Waals surface area (Å²) in [5, 5.41) is 2.57. The van der Waals surface area contributed by atoms with Crippen molar-refractivity contribution in [1.29, 1.82) is 0 Å². The van der Waals surface area contributed by atoms with Crippen LogP contribution in [0.5, 0.6) is 11.5 Å². The number of cyclic esters (lactones) is 1. The molecule has 2 rings (SSSR count). The third kappa shape index (κ3) is 2.84. The van der Waals surface area contributed by atoms with E-state index < -0.39 is 6.09 Å². The summed E-state index contributed by atoms with van der Waals surface area (Å²) in [4.78, 5) is 10.9. The molecule has 1 fully saturated rings. The number of benzene rings is 1. The molecule has 0 radical (unpaired) electrons. The third-order valence-corrected chi connectivity index (χ3v) is 2.67. The minimum Gasteiger partial charge on any atom is -0.497 e. The number of hydrogen-bond donors (Lipinski definition) is 2. The maximum atomic E-state index is 10.9. The summed E-state index contributed by atoms with van der Waals surface area (Å²) in [7, 11) is 1.59. The van der Waals surface area contributed by atoms with E-state index in [2.05, 4.69) is 5.32 Å². The van der Waals surface area contributed by atoms with E-state index in [1.807, 2.05) is 12.1 Å². The van der Waals surface area contributed by atoms with Crippen molar-refractivity contribution in [2.75, 3.05) is 20.3 Å². The quantitative estimate of drug-likeness (QED) is 0.803. The van der Waals surface area contributed by atoms with Crippen LogP contribution in [0.25, 0.3) is 0 Å². The maximum absolute atomic E-state index is 10.9. The Balaban J connectivity index is 2.00. The average Bonchev–Trinajstić information content (AvgIpc) is 2.81. The molecule has 0 aromatic heterocycles. The van der Waals surface area contributed by atoms with Crippen LogP contribution in [0.15, 0.2) is 18.2 Å². The number of carbonyl (C=O) groups excluding carboxylic acids is 1. The molecule has 0 aliphatic carbocycles. The Labute approximate surface area is 105 Å². The molecular weight excluding hydrogens is 236 g/mol. The molecular formula is C12H16N2O4. The summed E-state index contributed by atoms with van der Waals surface area (Å²) in [6.45, 7) is 1.13. The second-order valence-electron chi connectivity index (χ2n) is 3.90. The van der Waals surface area contributed by atoms with Crippen molar-refractivity contribution >= 4 is 6.09 Å². The zero-order valence-electron chi connectivity index (χ0n) is 10.1. The summed E-state index contributed by atoms with van der Waals surface area (Å²) in [5.41, 5.74) is 6.51. The monoisotopic (exact) mass is 252 g/mol. The number of carbonyl (C=O) groups is 1. The zero-order chi connectivity index (χ0) is 13.0. The van der Waals surface area contributed by atoms with E-state index in [4.69, 9.17) is 19.9 Å². The SMILES string of the molecule is COc1ccc(CN)c(OCC2CNC(=O)O2)c1. The van der Waals surface area contributed by atoms with E-state index in [0.717, 1.165) is 5.56 Å². The van der Waals surface area contributed by atoms with Crippen LogP contribution in [-0.2, 0) is 11.3 Å². The maximum Gasteiger partial charge on any atom is 0.407 e. The molecule has 1 atom stereocenters. The van der Waals surface area contributed by atoms with E-state index >= 15 is 0 Å². The first-order chi connectivity index (χ1) is 8.72. The first kappa shape index (κ1) is 12.5. The Kier molecular flexibility index (Phi) is 3.88. The van der Waals surface area contributed by atoms with Gasteiger partial charge in [-0.05, 0) is 6.07 Å². The number of nitrogens with one attached hydrogen (secondary N) is 1. The lowest BCUT2D eigenvalue weighted by atomic mass is 10.2. The fraction of sp³-hybridized carbons (Fsp3) is 0.417. The summed E-state index contributed by atoms with van der Waals surface area (Å²) in [6, 6.07) is 5.45. The first-order valence-corrected chi connectivity index (χ1v) is 5.67. The van der Waals surface area contributed by atoms with Gasteiger partial charge in [-0.25, -0.2) is 4.79 Å². The fourth-order valence-corrected chi connectivity index (χ4v) is 1.67. The van der Waals surface area contributed by atoms with Gasteiger partial charge in [-0.2, -0.15) is 0 Å². The Morgan fingerprint density at radius 2 is 2.39 bits per heavy atom. The van der Waals surface area contributed by atoms with Gasteiger partial charge in [0.1, 0.15) is 18.1 Å². The number of hydrogen-bond acceptors (Lipinski definition) is 5. The molecule has 98 valence electrons. The highest BCUT2D eigenvalue weighted by molar-refractivity contribution is 5.69. The van der Waals surface area contributed by atoms with Gasteiger partial charge in [0.15, 0.2) is 6.10 Å². The highest BCUT2D eigenvalue weighted by Crippen LogP contribution is 2.24. The number of ether oxygens (including phenoxy) is 3. The predicted molar refractivity (Wildman–Crippen MR) is 64.7 cm³/mol. The smallest absolute Gasteiger partial charge is 0.407 e. The fourth-order valence-electron chi connectivity index (χ4n) is 1.67. The molecule has 1 aromatic rings. The Morgan fingerprint density at radius 1 is 1.56 bits per heavy atom. The Bertz CT molecular complexity index is 436. The average molecular weight is 252 g/mol. The molecule has 1 unspecified atom stereocenters. The third-order valence-electron chi connectivity index (χ3n) is 2.67. The lowest BCUT2D eigenvalue weighted by Gasteiger charge is -2.14. The van der Waals surface area contributed by atoms with Gasteiger partial charge in [0.05, 0.1) is 13.7 Å². The van der Waals surface area contributed by atoms with Gasteiger partial charge in [0.25, 0.3) is 0 Å². The molecule has 3 N–H and O–H groups in total. The number of rotatable bonds is 5. The molecule has 1 aliphatic rings. The highest BCUT2D eigenvalue weighted by Gasteiger charge is 2.23. The number of methoxy groups -OCH3 is 1. The van der Waals surface area contributed by atoms with Crippen LogP contribution in [0, 0.1) is 0 Å². The van der Waals surface area contributed by atoms with Gasteiger partial charge in [-0.3, -0.25) is 0 Å². The Hall–Kier alpha value is -1.95. The highest BCUT2D eigenvalue weighted by atomic mass is 16.6. The van der Waals surface area contributed by atoms with Gasteiger partial charge in [0.2, 0.25) is 0 Å². The second-order valence-corrected chi connectivity index (χ2v) is 3.90. The molecule has 1 saturated heterocycles. The number of nitrogens with two attached hydrogens (primary N) is 1. The van der Waals surface area contributed by atoms with E-state index in [9.17, 15) is 4.79 Å². The van der Waals surface area contributed by atoms with Gasteiger partial charge in [-0.15, -0.1) is 0 Å². The molecule has 1 aromatic carbocycles. The van der Waals surface area contributed by atoms with Gasteiger partial charge in [-0.1, -0.05) is 6.07 Å². The minimum absolute atomic E-state index is 0.269. The summed E-state index contributed by atoms with van der Waals surface area (Å²) >= 11 is 0. The van der Waals surface area contributed by atoms with Crippen LogP contribution in [-0.4, -0.2) is 32.5 Å². The van der Waals surface area contributed by atoms with Crippen molar-refractivity contribution < 1.29 is 19.0 Å². The van der Waals surface area contributed by atoms with Crippen LogP contribution in [0.2, 0.25) is 0 Å². The number of amides is 1. The number of alkyl carbamates (subject to hydrolysis) is 1. The predicted octanol–water partition coefficient (Wildman–Crippen LogP) is 0.641. The van der Waals surface area contributed by atoms with Crippen LogP contribution in [0.4, 0.5) is 4.79 Å². The van der Waals surface area contributed by atoms with Gasteiger partial charge in [0, 0.05) is 18.2 Å². The van der Waals surface area contributed by atoms with Gasteiger partial charge < -0.3 is 25.3 Å². The molecule has 0 spiro atoms. The molecule has 18 heavy (non-hydrogen) atoms. The van der Waals surface area contributed by atoms with Crippen molar-refractivity contribution in [3.63, 3.8) is 0 Å². The molecule has 6 nitrogen and oxygen atoms in total. The normalized spacial score (nSPS) is 18.1. The standard InChI is InChI=1S/C12H16N2O4/c1-16-9-3-2-8(5-13)11(4-9)17-7-10-6-14-12(15)18-10/h2-4,10H,5-7,13H2,1H3,(H,14,15). The van der Waals surface area contributed by atoms with Crippen LogP contribution >= 0.6 is 0 Å². The molecule has 1 heterocycles. The van der Waals surface area contributed by atoms with Crippen molar-refractivity contribution in [1.82, 2.24) is 5.32 Å². The van der Waals surface area contributed by atoms with Crippen LogP contribution in [0.3, 0.4) is 0 Å². The van der Waals surface area contributed by atoms with Gasteiger partial charge >= 0.3 is 6.09 Å². The van der Waals surface area contributed by atoms with Crippen molar-refractivity contribution in [2.45, 2.75) is 12.6 Å². The molecule has 1 aliphatic heterocycles. The summed E-state index contributed by atoms with van der Waals surface area (Å²) in [5.74, 6) is 1.35. The van der Waals surface area contributed by atoms with E-state index in [1.54, 1.807) is 13.2 Å². The lowest BCUT2D eigenvalue weighted by molar-refractivity contribution is 0.104.